The zero-order valence-electron chi connectivity index (χ0n) is 16.5. The van der Waals surface area contributed by atoms with E-state index in [1.165, 1.54) is 43.5 Å². The fraction of sp³-hybridized carbons (Fsp3) is 0.565. The lowest BCUT2D eigenvalue weighted by molar-refractivity contribution is 0.210. The first kappa shape index (κ1) is 18.4. The Kier molecular flexibility index (Phi) is 5.72. The highest BCUT2D eigenvalue weighted by atomic mass is 16.1. The van der Waals surface area contributed by atoms with E-state index in [0.717, 1.165) is 55.7 Å². The summed E-state index contributed by atoms with van der Waals surface area (Å²) in [6, 6.07) is 9.06. The maximum Gasteiger partial charge on any atom is 0.254 e. The van der Waals surface area contributed by atoms with E-state index in [-0.39, 0.29) is 5.56 Å². The summed E-state index contributed by atoms with van der Waals surface area (Å²) in [4.78, 5) is 22.6. The molecule has 144 valence electrons. The number of aryl methyl sites for hydroxylation is 3. The lowest BCUT2D eigenvalue weighted by Gasteiger charge is -2.32. The van der Waals surface area contributed by atoms with Crippen molar-refractivity contribution >= 4 is 0 Å². The lowest BCUT2D eigenvalue weighted by atomic mass is 9.89. The standard InChI is InChI=1S/C23H31N3O/c1-17-8-10-18(11-9-17)19-12-15-26(16-13-19)14-4-7-22-24-21-6-3-2-5-20(21)23(27)25-22/h8-11,19H,2-7,12-16H2,1H3,(H,24,25,27). The number of hydrogen-bond acceptors (Lipinski definition) is 3. The third-order valence-corrected chi connectivity index (χ3v) is 6.26. The molecule has 0 radical (unpaired) electrons. The summed E-state index contributed by atoms with van der Waals surface area (Å²) in [6.45, 7) is 5.60. The molecule has 0 amide bonds. The van der Waals surface area contributed by atoms with Gasteiger partial charge in [0.1, 0.15) is 5.82 Å². The molecule has 1 N–H and O–H groups in total. The van der Waals surface area contributed by atoms with Gasteiger partial charge in [-0.2, -0.15) is 0 Å². The number of benzene rings is 1. The molecule has 0 bridgehead atoms. The van der Waals surface area contributed by atoms with Crippen LogP contribution in [0.15, 0.2) is 29.1 Å². The van der Waals surface area contributed by atoms with Gasteiger partial charge in [-0.3, -0.25) is 4.79 Å². The highest BCUT2D eigenvalue weighted by molar-refractivity contribution is 5.25. The third-order valence-electron chi connectivity index (χ3n) is 6.26. The number of aromatic nitrogens is 2. The maximum absolute atomic E-state index is 12.2. The number of piperidine rings is 1. The molecule has 2 aliphatic rings. The Hall–Kier alpha value is -1.94. The first-order chi connectivity index (χ1) is 13.2. The molecule has 1 fully saturated rings. The first-order valence-electron chi connectivity index (χ1n) is 10.6. The van der Waals surface area contributed by atoms with Crippen molar-refractivity contribution in [3.05, 3.63) is 62.8 Å². The van der Waals surface area contributed by atoms with Gasteiger partial charge in [-0.25, -0.2) is 4.98 Å². The van der Waals surface area contributed by atoms with Gasteiger partial charge in [0.05, 0.1) is 5.69 Å². The van der Waals surface area contributed by atoms with Gasteiger partial charge in [-0.05, 0) is 83.0 Å². The van der Waals surface area contributed by atoms with Crippen LogP contribution in [0.1, 0.15) is 66.2 Å². The SMILES string of the molecule is Cc1ccc(C2CCN(CCCc3nc4c(c(=O)[nH]3)CCCC4)CC2)cc1. The summed E-state index contributed by atoms with van der Waals surface area (Å²) < 4.78 is 0. The van der Waals surface area contributed by atoms with Crippen LogP contribution in [0.2, 0.25) is 0 Å². The fourth-order valence-corrected chi connectivity index (χ4v) is 4.57. The highest BCUT2D eigenvalue weighted by Gasteiger charge is 2.20. The van der Waals surface area contributed by atoms with E-state index in [2.05, 4.69) is 41.1 Å². The van der Waals surface area contributed by atoms with E-state index in [4.69, 9.17) is 4.98 Å². The smallest absolute Gasteiger partial charge is 0.254 e. The molecule has 1 aromatic carbocycles. The van der Waals surface area contributed by atoms with Crippen molar-refractivity contribution in [2.75, 3.05) is 19.6 Å². The van der Waals surface area contributed by atoms with Crippen molar-refractivity contribution in [1.82, 2.24) is 14.9 Å². The molecule has 4 rings (SSSR count). The van der Waals surface area contributed by atoms with Crippen LogP contribution < -0.4 is 5.56 Å². The number of nitrogens with one attached hydrogen (secondary N) is 1. The number of fused-ring (bicyclic) bond motifs is 1. The Labute approximate surface area is 162 Å². The summed E-state index contributed by atoms with van der Waals surface area (Å²) in [5, 5.41) is 0. The Morgan fingerprint density at radius 1 is 1.11 bits per heavy atom. The van der Waals surface area contributed by atoms with Crippen molar-refractivity contribution in [2.24, 2.45) is 0 Å². The largest absolute Gasteiger partial charge is 0.310 e. The van der Waals surface area contributed by atoms with Crippen LogP contribution in [0, 0.1) is 6.92 Å². The number of hydrogen-bond donors (Lipinski definition) is 1. The summed E-state index contributed by atoms with van der Waals surface area (Å²) in [7, 11) is 0. The molecule has 4 nitrogen and oxygen atoms in total. The van der Waals surface area contributed by atoms with Crippen LogP contribution in [-0.4, -0.2) is 34.5 Å². The van der Waals surface area contributed by atoms with E-state index in [1.807, 2.05) is 0 Å². The minimum absolute atomic E-state index is 0.105. The molecule has 0 atom stereocenters. The Bertz CT molecular complexity index is 817. The molecule has 4 heteroatoms. The van der Waals surface area contributed by atoms with E-state index < -0.39 is 0 Å². The van der Waals surface area contributed by atoms with Crippen molar-refractivity contribution in [2.45, 2.75) is 64.2 Å². The van der Waals surface area contributed by atoms with Crippen molar-refractivity contribution in [3.63, 3.8) is 0 Å². The molecule has 2 aromatic rings. The second-order valence-electron chi connectivity index (χ2n) is 8.28. The number of aromatic amines is 1. The van der Waals surface area contributed by atoms with Crippen LogP contribution in [-0.2, 0) is 19.3 Å². The topological polar surface area (TPSA) is 49.0 Å². The quantitative estimate of drug-likeness (QED) is 0.877. The zero-order chi connectivity index (χ0) is 18.6. The molecule has 0 saturated carbocycles. The zero-order valence-corrected chi connectivity index (χ0v) is 16.5. The van der Waals surface area contributed by atoms with Gasteiger partial charge in [-0.15, -0.1) is 0 Å². The minimum atomic E-state index is 0.105. The van der Waals surface area contributed by atoms with Gasteiger partial charge in [0.15, 0.2) is 0 Å². The molecule has 2 heterocycles. The fourth-order valence-electron chi connectivity index (χ4n) is 4.57. The molecule has 1 aliphatic carbocycles. The van der Waals surface area contributed by atoms with Crippen LogP contribution in [0.4, 0.5) is 0 Å². The number of nitrogens with zero attached hydrogens (tertiary/aromatic N) is 2. The van der Waals surface area contributed by atoms with Gasteiger partial charge in [0, 0.05) is 12.0 Å². The number of likely N-dealkylation sites (tertiary alicyclic amines) is 1. The lowest BCUT2D eigenvalue weighted by Crippen LogP contribution is -2.34. The summed E-state index contributed by atoms with van der Waals surface area (Å²) in [5.41, 5.74) is 4.93. The maximum atomic E-state index is 12.2. The average Bonchev–Trinajstić information content (AvgIpc) is 2.69. The van der Waals surface area contributed by atoms with Crippen molar-refractivity contribution in [3.8, 4) is 0 Å². The van der Waals surface area contributed by atoms with Gasteiger partial charge in [0.25, 0.3) is 5.56 Å². The molecule has 27 heavy (non-hydrogen) atoms. The Morgan fingerprint density at radius 3 is 2.63 bits per heavy atom. The molecular weight excluding hydrogens is 334 g/mol. The summed E-state index contributed by atoms with van der Waals surface area (Å²) >= 11 is 0. The molecule has 0 unspecified atom stereocenters. The Morgan fingerprint density at radius 2 is 1.85 bits per heavy atom. The van der Waals surface area contributed by atoms with Gasteiger partial charge >= 0.3 is 0 Å². The molecular formula is C23H31N3O. The predicted molar refractivity (Wildman–Crippen MR) is 109 cm³/mol. The third kappa shape index (κ3) is 4.49. The van der Waals surface area contributed by atoms with Gasteiger partial charge in [-0.1, -0.05) is 29.8 Å². The van der Waals surface area contributed by atoms with Crippen LogP contribution in [0.25, 0.3) is 0 Å². The molecule has 1 aromatic heterocycles. The van der Waals surface area contributed by atoms with E-state index >= 15 is 0 Å². The van der Waals surface area contributed by atoms with Crippen molar-refractivity contribution in [1.29, 1.82) is 0 Å². The van der Waals surface area contributed by atoms with E-state index in [1.54, 1.807) is 0 Å². The number of H-pyrrole nitrogens is 1. The van der Waals surface area contributed by atoms with Crippen molar-refractivity contribution < 1.29 is 0 Å². The monoisotopic (exact) mass is 365 g/mol. The minimum Gasteiger partial charge on any atom is -0.310 e. The number of rotatable bonds is 5. The first-order valence-corrected chi connectivity index (χ1v) is 10.6. The molecule has 1 saturated heterocycles. The molecule has 1 aliphatic heterocycles. The summed E-state index contributed by atoms with van der Waals surface area (Å²) in [6.07, 6.45) is 8.59. The summed E-state index contributed by atoms with van der Waals surface area (Å²) in [5.74, 6) is 1.59. The molecule has 0 spiro atoms. The van der Waals surface area contributed by atoms with Crippen LogP contribution in [0.3, 0.4) is 0 Å². The predicted octanol–water partition coefficient (Wildman–Crippen LogP) is 3.77. The van der Waals surface area contributed by atoms with Crippen LogP contribution in [0.5, 0.6) is 0 Å². The second-order valence-corrected chi connectivity index (χ2v) is 8.28. The Balaban J connectivity index is 1.25. The highest BCUT2D eigenvalue weighted by Crippen LogP contribution is 2.28. The van der Waals surface area contributed by atoms with Gasteiger partial charge < -0.3 is 9.88 Å². The average molecular weight is 366 g/mol. The van der Waals surface area contributed by atoms with Gasteiger partial charge in [0.2, 0.25) is 0 Å². The van der Waals surface area contributed by atoms with E-state index in [0.29, 0.717) is 5.92 Å². The van der Waals surface area contributed by atoms with E-state index in [9.17, 15) is 4.79 Å². The second kappa shape index (κ2) is 8.39. The normalized spacial score (nSPS) is 18.4. The van der Waals surface area contributed by atoms with Crippen LogP contribution >= 0.6 is 0 Å².